The molecule has 99 heavy (non-hydrogen) atoms. The van der Waals surface area contributed by atoms with Crippen LogP contribution >= 0.6 is 0 Å². The van der Waals surface area contributed by atoms with Crippen LogP contribution in [0.2, 0.25) is 0 Å². The van der Waals surface area contributed by atoms with E-state index in [1.54, 1.807) is 6.92 Å². The molecule has 574 valence electrons. The fourth-order valence-electron chi connectivity index (χ4n) is 16.4. The molecule has 4 N–H and O–H groups in total. The minimum Gasteiger partial charge on any atom is -0.469 e. The molecule has 0 aromatic carbocycles. The van der Waals surface area contributed by atoms with Crippen molar-refractivity contribution in [3.63, 3.8) is 0 Å². The fraction of sp³-hybridized carbons (Fsp3) is 0.886. The lowest BCUT2D eigenvalue weighted by Gasteiger charge is -2.38. The van der Waals surface area contributed by atoms with Crippen LogP contribution in [0.3, 0.4) is 0 Å². The number of carbonyl (C=O) groups is 9. The standard InChI is InChI=1S/2C12H22O3.C12H20O3.2C11H20O3.C11H18O3.C10H16O2/c3*1-3-15-12(14)8-9(2)10-6-4-5-7-11(10)13;3*1-8(7-11(13)14-2)9-5-3-4-6-10(9)12;1-7-6-10(11)12-9-5-3-2-4-8(7)9/h2*9-11,13H,3-8H2,1-2H3;9-10H,3-8H2,1-2H3;2*8-10,12H,3-7H2,1-2H3;8-9H,3-7H2,1-2H3;7-9H,2-6H2,1H3. The zero-order valence-electron chi connectivity index (χ0n) is 63.7. The number of hydrogen-bond donors (Lipinski definition) is 4. The molecule has 8 rings (SSSR count). The van der Waals surface area contributed by atoms with Crippen LogP contribution in [0.4, 0.5) is 0 Å². The van der Waals surface area contributed by atoms with E-state index in [9.17, 15) is 63.6 Å². The average Bonchev–Trinajstić information content (AvgIpc) is 0.855. The molecule has 0 aromatic heterocycles. The van der Waals surface area contributed by atoms with E-state index in [4.69, 9.17) is 18.9 Å². The van der Waals surface area contributed by atoms with Gasteiger partial charge in [0, 0.05) is 69.6 Å². The molecule has 7 aliphatic carbocycles. The number of Topliss-reactive ketones (excluding diaryl/α,β-unsaturated/α-hetero) is 2. The normalized spacial score (nSPS) is 29.1. The summed E-state index contributed by atoms with van der Waals surface area (Å²) in [6.45, 7) is 21.0. The molecule has 1 aliphatic heterocycles. The SMILES string of the molecule is CC1CC(=O)OC2CCCCC12.CCOC(=O)CC(C)C1CCCCC1=O.CCOC(=O)CC(C)C1CCCCC1O.CCOC(=O)CC(C)C1CCCCC1O.COC(=O)CC(C)C1CCCCC1=O.COC(=O)CC(C)C1CCCCC1O.COC(=O)CC(C)C1CCCCC1O. The smallest absolute Gasteiger partial charge is 0.306 e. The van der Waals surface area contributed by atoms with Gasteiger partial charge in [-0.3, -0.25) is 43.2 Å². The molecule has 0 bridgehead atoms. The van der Waals surface area contributed by atoms with Gasteiger partial charge in [-0.05, 0) is 188 Å². The maximum Gasteiger partial charge on any atom is 0.306 e. The second-order valence-electron chi connectivity index (χ2n) is 30.1. The molecule has 19 unspecified atom stereocenters. The van der Waals surface area contributed by atoms with Gasteiger partial charge >= 0.3 is 41.8 Å². The Morgan fingerprint density at radius 1 is 0.374 bits per heavy atom. The molecule has 1 heterocycles. The molecule has 0 radical (unpaired) electrons. The molecule has 0 aromatic rings. The Morgan fingerprint density at radius 2 is 0.636 bits per heavy atom. The van der Waals surface area contributed by atoms with Crippen molar-refractivity contribution in [2.24, 2.45) is 82.9 Å². The summed E-state index contributed by atoms with van der Waals surface area (Å²) in [7, 11) is 4.20. The van der Waals surface area contributed by atoms with E-state index in [-0.39, 0.29) is 143 Å². The number of hydrogen-bond acceptors (Lipinski definition) is 20. The Balaban J connectivity index is 0.000000393. The molecular weight excluding hydrogens is 1270 g/mol. The monoisotopic (exact) mass is 1410 g/mol. The van der Waals surface area contributed by atoms with Crippen LogP contribution in [0.1, 0.15) is 294 Å². The molecule has 1 saturated heterocycles. The van der Waals surface area contributed by atoms with Crippen molar-refractivity contribution in [2.75, 3.05) is 41.2 Å². The second kappa shape index (κ2) is 51.6. The van der Waals surface area contributed by atoms with Gasteiger partial charge in [0.15, 0.2) is 0 Å². The number of ether oxygens (including phenoxy) is 7. The van der Waals surface area contributed by atoms with Crippen molar-refractivity contribution in [3.05, 3.63) is 0 Å². The molecule has 20 heteroatoms. The van der Waals surface area contributed by atoms with E-state index < -0.39 is 0 Å². The summed E-state index contributed by atoms with van der Waals surface area (Å²) in [5.41, 5.74) is 0. The van der Waals surface area contributed by atoms with Crippen molar-refractivity contribution in [1.29, 1.82) is 0 Å². The Morgan fingerprint density at radius 3 is 0.929 bits per heavy atom. The first kappa shape index (κ1) is 90.6. The van der Waals surface area contributed by atoms with Gasteiger partial charge in [-0.2, -0.15) is 0 Å². The Kier molecular flexibility index (Phi) is 47.2. The number of rotatable bonds is 21. The van der Waals surface area contributed by atoms with Gasteiger partial charge in [0.1, 0.15) is 17.7 Å². The summed E-state index contributed by atoms with van der Waals surface area (Å²) in [6.07, 6.45) is 31.8. The minimum atomic E-state index is -0.219. The fourth-order valence-corrected chi connectivity index (χ4v) is 16.4. The van der Waals surface area contributed by atoms with Crippen LogP contribution in [0.25, 0.3) is 0 Å². The molecule has 8 fully saturated rings. The van der Waals surface area contributed by atoms with E-state index in [1.165, 1.54) is 66.3 Å². The van der Waals surface area contributed by atoms with Crippen molar-refractivity contribution in [3.8, 4) is 0 Å². The first-order chi connectivity index (χ1) is 47.2. The van der Waals surface area contributed by atoms with Crippen molar-refractivity contribution >= 4 is 53.4 Å². The highest BCUT2D eigenvalue weighted by Crippen LogP contribution is 2.39. The van der Waals surface area contributed by atoms with Gasteiger partial charge in [0.2, 0.25) is 0 Å². The Bertz CT molecular complexity index is 2220. The summed E-state index contributed by atoms with van der Waals surface area (Å²) in [4.78, 5) is 101. The number of carbonyl (C=O) groups excluding carboxylic acids is 9. The van der Waals surface area contributed by atoms with Crippen molar-refractivity contribution in [2.45, 2.75) is 324 Å². The zero-order chi connectivity index (χ0) is 74.0. The van der Waals surface area contributed by atoms with E-state index in [2.05, 4.69) is 21.1 Å². The third-order valence-electron chi connectivity index (χ3n) is 22.4. The number of esters is 7. The van der Waals surface area contributed by atoms with Crippen LogP contribution in [0, 0.1) is 82.9 Å². The lowest BCUT2D eigenvalue weighted by atomic mass is 9.76. The summed E-state index contributed by atoms with van der Waals surface area (Å²) in [5, 5.41) is 39.2. The third-order valence-corrected chi connectivity index (χ3v) is 22.4. The van der Waals surface area contributed by atoms with Crippen LogP contribution in [0.5, 0.6) is 0 Å². The highest BCUT2D eigenvalue weighted by atomic mass is 16.6. The van der Waals surface area contributed by atoms with Gasteiger partial charge in [-0.25, -0.2) is 0 Å². The molecule has 0 spiro atoms. The number of fused-ring (bicyclic) bond motifs is 1. The van der Waals surface area contributed by atoms with Crippen molar-refractivity contribution < 1.29 is 96.7 Å². The maximum absolute atomic E-state index is 11.6. The third kappa shape index (κ3) is 36.0. The Hall–Kier alpha value is -4.53. The number of methoxy groups -OCH3 is 3. The highest BCUT2D eigenvalue weighted by molar-refractivity contribution is 5.83. The van der Waals surface area contributed by atoms with Crippen molar-refractivity contribution in [1.82, 2.24) is 0 Å². The van der Waals surface area contributed by atoms with Gasteiger partial charge < -0.3 is 53.6 Å². The average molecular weight is 1410 g/mol. The quantitative estimate of drug-likeness (QED) is 0.0613. The molecule has 19 atom stereocenters. The summed E-state index contributed by atoms with van der Waals surface area (Å²) in [6, 6.07) is 0. The van der Waals surface area contributed by atoms with Gasteiger partial charge in [-0.15, -0.1) is 0 Å². The van der Waals surface area contributed by atoms with Crippen LogP contribution in [-0.2, 0) is 76.3 Å². The first-order valence-electron chi connectivity index (χ1n) is 38.8. The summed E-state index contributed by atoms with van der Waals surface area (Å²) < 4.78 is 33.9. The first-order valence-corrected chi connectivity index (χ1v) is 38.8. The predicted octanol–water partition coefficient (Wildman–Crippen LogP) is 14.1. The second-order valence-corrected chi connectivity index (χ2v) is 30.1. The van der Waals surface area contributed by atoms with E-state index in [1.807, 2.05) is 55.4 Å². The summed E-state index contributed by atoms with van der Waals surface area (Å²) in [5.74, 6) is 3.39. The molecule has 20 nitrogen and oxygen atoms in total. The number of aliphatic hydroxyl groups excluding tert-OH is 4. The highest BCUT2D eigenvalue weighted by Gasteiger charge is 2.38. The lowest BCUT2D eigenvalue weighted by Crippen LogP contribution is -2.39. The van der Waals surface area contributed by atoms with E-state index in [0.717, 1.165) is 122 Å². The molecule has 7 saturated carbocycles. The number of aliphatic hydroxyl groups is 4. The molecule has 0 amide bonds. The van der Waals surface area contributed by atoms with E-state index >= 15 is 0 Å². The summed E-state index contributed by atoms with van der Waals surface area (Å²) >= 11 is 0. The molecule has 8 aliphatic rings. The van der Waals surface area contributed by atoms with Crippen LogP contribution in [-0.4, -0.2) is 145 Å². The maximum atomic E-state index is 11.6. The largest absolute Gasteiger partial charge is 0.469 e. The van der Waals surface area contributed by atoms with Gasteiger partial charge in [0.25, 0.3) is 0 Å². The van der Waals surface area contributed by atoms with E-state index in [0.29, 0.717) is 101 Å². The van der Waals surface area contributed by atoms with Crippen LogP contribution < -0.4 is 0 Å². The van der Waals surface area contributed by atoms with Gasteiger partial charge in [-0.1, -0.05) is 119 Å². The minimum absolute atomic E-state index is 0.0191. The predicted molar refractivity (Wildman–Crippen MR) is 380 cm³/mol. The Labute approximate surface area is 596 Å². The van der Waals surface area contributed by atoms with Gasteiger partial charge in [0.05, 0.1) is 65.6 Å². The van der Waals surface area contributed by atoms with Crippen LogP contribution in [0.15, 0.2) is 0 Å². The number of ketones is 2. The molecular formula is C79H138O20. The topological polar surface area (TPSA) is 299 Å². The zero-order valence-corrected chi connectivity index (χ0v) is 63.7. The lowest BCUT2D eigenvalue weighted by molar-refractivity contribution is -0.165.